The quantitative estimate of drug-likeness (QED) is 0.173. The third-order valence-electron chi connectivity index (χ3n) is 10.8. The topological polar surface area (TPSA) is 9.23 Å². The van der Waals surface area contributed by atoms with Gasteiger partial charge in [0, 0.05) is 16.5 Å². The van der Waals surface area contributed by atoms with Gasteiger partial charge in [-0.2, -0.15) is 0 Å². The number of benzene rings is 10. The van der Waals surface area contributed by atoms with Gasteiger partial charge in [0.15, 0.2) is 0 Å². The summed E-state index contributed by atoms with van der Waals surface area (Å²) >= 11 is 0. The molecule has 10 aromatic carbocycles. The molecule has 0 atom stereocenters. The SMILES string of the molecule is c1ccc(-c2ccc3c(c2)-c2cccc4ccc(-c5ccc(-c6ccc7ccc8c(-c9ccccc9)ccc9ccc6c7c98)cc5)c(c24)O3)cc1. The van der Waals surface area contributed by atoms with E-state index in [9.17, 15) is 0 Å². The zero-order valence-electron chi connectivity index (χ0n) is 27.7. The molecule has 1 heteroatoms. The Bertz CT molecular complexity index is 2960. The molecule has 0 aromatic heterocycles. The highest BCUT2D eigenvalue weighted by Gasteiger charge is 2.24. The van der Waals surface area contributed by atoms with Gasteiger partial charge in [-0.3, -0.25) is 0 Å². The molecule has 0 unspecified atom stereocenters. The van der Waals surface area contributed by atoms with Crippen LogP contribution in [0, 0.1) is 0 Å². The van der Waals surface area contributed by atoms with Crippen molar-refractivity contribution in [3.05, 3.63) is 182 Å². The molecule has 0 bridgehead atoms. The summed E-state index contributed by atoms with van der Waals surface area (Å²) in [5.74, 6) is 1.82. The summed E-state index contributed by atoms with van der Waals surface area (Å²) < 4.78 is 6.81. The number of hydrogen-bond acceptors (Lipinski definition) is 1. The van der Waals surface area contributed by atoms with Gasteiger partial charge in [0.25, 0.3) is 0 Å². The van der Waals surface area contributed by atoms with Gasteiger partial charge in [-0.1, -0.05) is 164 Å². The van der Waals surface area contributed by atoms with Crippen molar-refractivity contribution in [2.24, 2.45) is 0 Å². The molecule has 0 radical (unpaired) electrons. The maximum Gasteiger partial charge on any atom is 0.143 e. The third kappa shape index (κ3) is 4.28. The lowest BCUT2D eigenvalue weighted by Gasteiger charge is -2.24. The van der Waals surface area contributed by atoms with Gasteiger partial charge in [-0.15, -0.1) is 0 Å². The average molecular weight is 647 g/mol. The van der Waals surface area contributed by atoms with E-state index in [0.29, 0.717) is 0 Å². The van der Waals surface area contributed by atoms with E-state index in [1.54, 1.807) is 0 Å². The van der Waals surface area contributed by atoms with Crippen LogP contribution in [0.15, 0.2) is 182 Å². The average Bonchev–Trinajstić information content (AvgIpc) is 3.20. The number of fused-ring (bicyclic) bond motifs is 2. The fourth-order valence-electron chi connectivity index (χ4n) is 8.40. The standard InChI is InChI=1S/C50H30O/c1-3-8-31(9-4-1)38-23-29-46-45(30-38)42-13-7-12-35-20-26-41(50(51-46)49(35)42)34-16-14-33(15-17-34)40-25-19-37-21-27-43-39(32-10-5-2-6-11-32)24-18-36-22-28-44(40)48(37)47(36)43/h1-30H. The highest BCUT2D eigenvalue weighted by molar-refractivity contribution is 6.27. The second-order valence-corrected chi connectivity index (χ2v) is 13.6. The molecule has 0 amide bonds. The minimum atomic E-state index is 0.891. The minimum absolute atomic E-state index is 0.891. The summed E-state index contributed by atoms with van der Waals surface area (Å²) in [7, 11) is 0. The summed E-state index contributed by atoms with van der Waals surface area (Å²) in [6.07, 6.45) is 0. The Labute approximate surface area is 296 Å². The third-order valence-corrected chi connectivity index (χ3v) is 10.8. The van der Waals surface area contributed by atoms with Gasteiger partial charge in [-0.25, -0.2) is 0 Å². The molecule has 1 nitrogen and oxygen atoms in total. The molecule has 0 aliphatic carbocycles. The Morgan fingerprint density at radius 2 is 0.784 bits per heavy atom. The second kappa shape index (κ2) is 10.9. The van der Waals surface area contributed by atoms with Crippen LogP contribution in [0.1, 0.15) is 0 Å². The zero-order chi connectivity index (χ0) is 33.5. The molecule has 1 aliphatic heterocycles. The Morgan fingerprint density at radius 3 is 1.43 bits per heavy atom. The van der Waals surface area contributed by atoms with Crippen molar-refractivity contribution in [1.82, 2.24) is 0 Å². The lowest BCUT2D eigenvalue weighted by molar-refractivity contribution is 0.489. The highest BCUT2D eigenvalue weighted by atomic mass is 16.5. The van der Waals surface area contributed by atoms with Gasteiger partial charge in [0.2, 0.25) is 0 Å². The first-order chi connectivity index (χ1) is 25.3. The molecule has 0 saturated carbocycles. The van der Waals surface area contributed by atoms with Gasteiger partial charge < -0.3 is 4.74 Å². The molecule has 11 rings (SSSR count). The van der Waals surface area contributed by atoms with E-state index in [2.05, 4.69) is 182 Å². The van der Waals surface area contributed by atoms with Crippen molar-refractivity contribution in [3.8, 4) is 67.1 Å². The lowest BCUT2D eigenvalue weighted by Crippen LogP contribution is -1.99. The molecular weight excluding hydrogens is 617 g/mol. The first-order valence-electron chi connectivity index (χ1n) is 17.6. The molecule has 1 heterocycles. The van der Waals surface area contributed by atoms with E-state index >= 15 is 0 Å². The monoisotopic (exact) mass is 646 g/mol. The summed E-state index contributed by atoms with van der Waals surface area (Å²) in [6.45, 7) is 0. The van der Waals surface area contributed by atoms with Crippen LogP contribution in [0.3, 0.4) is 0 Å². The number of rotatable bonds is 4. The summed E-state index contributed by atoms with van der Waals surface area (Å²) in [4.78, 5) is 0. The van der Waals surface area contributed by atoms with Crippen molar-refractivity contribution < 1.29 is 4.74 Å². The Morgan fingerprint density at radius 1 is 0.275 bits per heavy atom. The Kier molecular flexibility index (Phi) is 6.02. The van der Waals surface area contributed by atoms with Crippen molar-refractivity contribution in [3.63, 3.8) is 0 Å². The van der Waals surface area contributed by atoms with Gasteiger partial charge in [0.05, 0.1) is 0 Å². The van der Waals surface area contributed by atoms with Crippen molar-refractivity contribution in [2.45, 2.75) is 0 Å². The molecule has 1 aliphatic rings. The fraction of sp³-hybridized carbons (Fsp3) is 0. The zero-order valence-corrected chi connectivity index (χ0v) is 27.7. The Balaban J connectivity index is 1.03. The predicted octanol–water partition coefficient (Wildman–Crippen LogP) is 14.2. The maximum atomic E-state index is 6.81. The van der Waals surface area contributed by atoms with Crippen LogP contribution < -0.4 is 4.74 Å². The summed E-state index contributed by atoms with van der Waals surface area (Å²) in [5.41, 5.74) is 11.9. The molecule has 0 spiro atoms. The molecule has 0 fully saturated rings. The molecule has 10 aromatic rings. The van der Waals surface area contributed by atoms with Gasteiger partial charge in [-0.05, 0) is 100 Å². The molecular formula is C50H30O. The lowest BCUT2D eigenvalue weighted by atomic mass is 9.87. The first kappa shape index (κ1) is 28.2. The largest absolute Gasteiger partial charge is 0.455 e. The van der Waals surface area contributed by atoms with Gasteiger partial charge in [0.1, 0.15) is 11.5 Å². The normalized spacial score (nSPS) is 12.1. The Hall–Kier alpha value is -6.70. The maximum absolute atomic E-state index is 6.81. The van der Waals surface area contributed by atoms with Gasteiger partial charge >= 0.3 is 0 Å². The van der Waals surface area contributed by atoms with E-state index in [-0.39, 0.29) is 0 Å². The van der Waals surface area contributed by atoms with Crippen LogP contribution in [0.5, 0.6) is 11.5 Å². The van der Waals surface area contributed by atoms with Crippen LogP contribution in [0.4, 0.5) is 0 Å². The van der Waals surface area contributed by atoms with Crippen LogP contribution in [0.25, 0.3) is 98.7 Å². The molecule has 236 valence electrons. The molecule has 0 N–H and O–H groups in total. The first-order valence-corrected chi connectivity index (χ1v) is 17.6. The van der Waals surface area contributed by atoms with Crippen LogP contribution >= 0.6 is 0 Å². The number of hydrogen-bond donors (Lipinski definition) is 0. The second-order valence-electron chi connectivity index (χ2n) is 13.6. The smallest absolute Gasteiger partial charge is 0.143 e. The van der Waals surface area contributed by atoms with E-state index in [0.717, 1.165) is 28.2 Å². The van der Waals surface area contributed by atoms with Crippen molar-refractivity contribution in [2.75, 3.05) is 0 Å². The van der Waals surface area contributed by atoms with Crippen LogP contribution in [-0.2, 0) is 0 Å². The van der Waals surface area contributed by atoms with E-state index in [1.165, 1.54) is 82.0 Å². The van der Waals surface area contributed by atoms with E-state index < -0.39 is 0 Å². The van der Waals surface area contributed by atoms with Crippen LogP contribution in [-0.4, -0.2) is 0 Å². The predicted molar refractivity (Wildman–Crippen MR) is 215 cm³/mol. The van der Waals surface area contributed by atoms with Crippen LogP contribution in [0.2, 0.25) is 0 Å². The van der Waals surface area contributed by atoms with Crippen molar-refractivity contribution in [1.29, 1.82) is 0 Å². The molecule has 0 saturated heterocycles. The highest BCUT2D eigenvalue weighted by Crippen LogP contribution is 2.51. The van der Waals surface area contributed by atoms with E-state index in [4.69, 9.17) is 4.74 Å². The van der Waals surface area contributed by atoms with E-state index in [1.807, 2.05) is 0 Å². The fourth-order valence-corrected chi connectivity index (χ4v) is 8.40. The summed E-state index contributed by atoms with van der Waals surface area (Å²) in [6, 6.07) is 66.1. The summed E-state index contributed by atoms with van der Waals surface area (Å²) in [5, 5.41) is 10.1. The minimum Gasteiger partial charge on any atom is -0.455 e. The number of ether oxygens (including phenoxy) is 1. The molecule has 51 heavy (non-hydrogen) atoms. The van der Waals surface area contributed by atoms with Crippen molar-refractivity contribution >= 4 is 43.1 Å².